The Kier molecular flexibility index (Phi) is 6.02. The Hall–Kier alpha value is -0.0188. The van der Waals surface area contributed by atoms with Gasteiger partial charge in [0.2, 0.25) is 0 Å². The monoisotopic (exact) mass is 430 g/mol. The van der Waals surface area contributed by atoms with E-state index >= 15 is 0 Å². The van der Waals surface area contributed by atoms with Crippen LogP contribution in [0.3, 0.4) is 0 Å². The summed E-state index contributed by atoms with van der Waals surface area (Å²) in [6, 6.07) is 20.4. The molecule has 0 spiro atoms. The van der Waals surface area contributed by atoms with Gasteiger partial charge in [-0.1, -0.05) is 0 Å². The minimum absolute atomic E-state index is 0.322. The minimum atomic E-state index is -3.61. The van der Waals surface area contributed by atoms with Crippen molar-refractivity contribution < 1.29 is 13.4 Å². The average molecular weight is 432 g/mol. The summed E-state index contributed by atoms with van der Waals surface area (Å²) in [5.74, 6) is 0. The fraction of sp³-hybridized carbons (Fsp3) is 0.263. The van der Waals surface area contributed by atoms with Gasteiger partial charge in [-0.2, -0.15) is 0 Å². The number of hydrogen-bond donors (Lipinski definition) is 0. The van der Waals surface area contributed by atoms with Gasteiger partial charge in [-0.25, -0.2) is 0 Å². The van der Waals surface area contributed by atoms with E-state index in [0.29, 0.717) is 0 Å². The van der Waals surface area contributed by atoms with Crippen LogP contribution in [-0.2, 0) is 16.7 Å². The molecule has 0 N–H and O–H groups in total. The van der Waals surface area contributed by atoms with Crippen LogP contribution in [0, 0.1) is 0 Å². The number of hydrogen-bond acceptors (Lipinski definition) is 0. The summed E-state index contributed by atoms with van der Waals surface area (Å²) in [5.41, 5.74) is 2.47. The van der Waals surface area contributed by atoms with Crippen molar-refractivity contribution in [1.29, 1.82) is 0 Å². The first-order valence-corrected chi connectivity index (χ1v) is 17.6. The van der Waals surface area contributed by atoms with Gasteiger partial charge in [0.1, 0.15) is 0 Å². The Morgan fingerprint density at radius 3 is 2.29 bits per heavy atom. The van der Waals surface area contributed by atoms with Crippen molar-refractivity contribution in [1.82, 2.24) is 0 Å². The van der Waals surface area contributed by atoms with Crippen LogP contribution >= 0.6 is 27.9 Å². The predicted molar refractivity (Wildman–Crippen MR) is 108 cm³/mol. The maximum absolute atomic E-state index is 6.85. The molecule has 24 heavy (non-hydrogen) atoms. The molecular formula is C19H21Cl3SiTi. The molecule has 0 aliphatic heterocycles. The zero-order valence-electron chi connectivity index (χ0n) is 13.7. The molecule has 0 fully saturated rings. The van der Waals surface area contributed by atoms with Crippen molar-refractivity contribution in [2.45, 2.75) is 29.2 Å². The first kappa shape index (κ1) is 18.8. The zero-order chi connectivity index (χ0) is 17.2. The van der Waals surface area contributed by atoms with Gasteiger partial charge in [0.15, 0.2) is 0 Å². The van der Waals surface area contributed by atoms with E-state index in [0.717, 1.165) is 0 Å². The molecule has 0 bridgehead atoms. The SMILES string of the molecule is CCCC[SiH](c1ccccc1)[C]1([Ti]([Cl])([Cl])[Cl])C=Cc2ccccc21. The second kappa shape index (κ2) is 7.70. The van der Waals surface area contributed by atoms with E-state index in [1.54, 1.807) is 0 Å². The molecule has 0 saturated carbocycles. The third kappa shape index (κ3) is 3.32. The molecule has 1 aliphatic rings. The maximum atomic E-state index is 6.85. The molecule has 0 aromatic heterocycles. The van der Waals surface area contributed by atoms with Crippen LogP contribution < -0.4 is 5.19 Å². The molecule has 0 amide bonds. The van der Waals surface area contributed by atoms with Gasteiger partial charge in [0.05, 0.1) is 0 Å². The molecule has 0 radical (unpaired) electrons. The Morgan fingerprint density at radius 2 is 1.62 bits per heavy atom. The van der Waals surface area contributed by atoms with Crippen molar-refractivity contribution in [2.24, 2.45) is 0 Å². The van der Waals surface area contributed by atoms with Gasteiger partial charge in [-0.3, -0.25) is 0 Å². The molecule has 126 valence electrons. The van der Waals surface area contributed by atoms with Crippen LogP contribution in [-0.4, -0.2) is 8.80 Å². The van der Waals surface area contributed by atoms with Crippen LogP contribution in [0.15, 0.2) is 60.7 Å². The van der Waals surface area contributed by atoms with E-state index < -0.39 is 22.2 Å². The molecule has 0 heterocycles. The third-order valence-corrected chi connectivity index (χ3v) is 20.5. The average Bonchev–Trinajstić information content (AvgIpc) is 2.97. The van der Waals surface area contributed by atoms with E-state index in [1.807, 2.05) is 0 Å². The Morgan fingerprint density at radius 1 is 0.958 bits per heavy atom. The predicted octanol–water partition coefficient (Wildman–Crippen LogP) is 6.00. The van der Waals surface area contributed by atoms with Crippen molar-refractivity contribution >= 4 is 48.0 Å². The second-order valence-corrected chi connectivity index (χ2v) is 22.8. The topological polar surface area (TPSA) is 0 Å². The summed E-state index contributed by atoms with van der Waals surface area (Å²) < 4.78 is -0.322. The summed E-state index contributed by atoms with van der Waals surface area (Å²) in [5, 5.41) is 1.41. The van der Waals surface area contributed by atoms with Crippen LogP contribution in [0.4, 0.5) is 0 Å². The fourth-order valence-electron chi connectivity index (χ4n) is 3.83. The van der Waals surface area contributed by atoms with Crippen molar-refractivity contribution in [3.63, 3.8) is 0 Å². The van der Waals surface area contributed by atoms with Crippen molar-refractivity contribution in [3.05, 3.63) is 71.8 Å². The van der Waals surface area contributed by atoms with Gasteiger partial charge < -0.3 is 0 Å². The second-order valence-electron chi connectivity index (χ2n) is 6.39. The number of benzene rings is 2. The molecule has 2 atom stereocenters. The van der Waals surface area contributed by atoms with E-state index in [2.05, 4.69) is 73.7 Å². The Labute approximate surface area is 161 Å². The van der Waals surface area contributed by atoms with Crippen LogP contribution in [0.25, 0.3) is 6.08 Å². The van der Waals surface area contributed by atoms with Gasteiger partial charge in [0, 0.05) is 0 Å². The van der Waals surface area contributed by atoms with E-state index in [9.17, 15) is 0 Å². The number of fused-ring (bicyclic) bond motifs is 1. The van der Waals surface area contributed by atoms with Gasteiger partial charge in [-0.15, -0.1) is 0 Å². The number of rotatable bonds is 6. The Bertz CT molecular complexity index is 727. The number of allylic oxidation sites excluding steroid dienone is 1. The Balaban J connectivity index is 2.19. The zero-order valence-corrected chi connectivity index (χ0v) is 18.7. The van der Waals surface area contributed by atoms with Gasteiger partial charge >= 0.3 is 162 Å². The van der Waals surface area contributed by atoms with Crippen LogP contribution in [0.1, 0.15) is 30.9 Å². The van der Waals surface area contributed by atoms with Crippen molar-refractivity contribution in [2.75, 3.05) is 0 Å². The summed E-state index contributed by atoms with van der Waals surface area (Å²) in [7, 11) is 19.0. The molecule has 0 nitrogen and oxygen atoms in total. The molecule has 1 aliphatic carbocycles. The van der Waals surface area contributed by atoms with Crippen LogP contribution in [0.5, 0.6) is 0 Å². The van der Waals surface area contributed by atoms with Gasteiger partial charge in [-0.05, 0) is 0 Å². The number of halogens is 3. The molecule has 2 aromatic carbocycles. The molecule has 3 rings (SSSR count). The van der Waals surface area contributed by atoms with E-state index in [4.69, 9.17) is 27.9 Å². The van der Waals surface area contributed by atoms with E-state index in [-0.39, 0.29) is 3.34 Å². The summed E-state index contributed by atoms with van der Waals surface area (Å²) in [6.45, 7) is 2.23. The normalized spacial score (nSPS) is 20.8. The van der Waals surface area contributed by atoms with Crippen LogP contribution in [0.2, 0.25) is 6.04 Å². The molecule has 2 unspecified atom stereocenters. The standard InChI is InChI=1S/C19H21Si.3ClH.Ti/c1-2-3-15-20(17-10-5-4-6-11-17)19-14-13-16-9-7-8-12-18(16)19;;;;/h4-14,20H,2-3,15H2,1H3;3*1H;/q;;;;+3/p-3. The summed E-state index contributed by atoms with van der Waals surface area (Å²) in [6.07, 6.45) is 6.79. The van der Waals surface area contributed by atoms with E-state index in [1.165, 1.54) is 35.2 Å². The fourth-order valence-corrected chi connectivity index (χ4v) is 19.5. The quantitative estimate of drug-likeness (QED) is 0.492. The molecular weight excluding hydrogens is 411 g/mol. The summed E-state index contributed by atoms with van der Waals surface area (Å²) in [4.78, 5) is 0. The first-order valence-electron chi connectivity index (χ1n) is 8.41. The molecule has 2 aromatic rings. The third-order valence-electron chi connectivity index (χ3n) is 5.00. The van der Waals surface area contributed by atoms with Gasteiger partial charge in [0.25, 0.3) is 0 Å². The number of unbranched alkanes of at least 4 members (excludes halogenated alkanes) is 1. The first-order chi connectivity index (χ1) is 11.5. The van der Waals surface area contributed by atoms with Crippen molar-refractivity contribution in [3.8, 4) is 0 Å². The molecule has 5 heteroatoms. The summed E-state index contributed by atoms with van der Waals surface area (Å²) >= 11 is -3.61. The molecule has 0 saturated heterocycles.